The van der Waals surface area contributed by atoms with Crippen LogP contribution in [-0.4, -0.2) is 56.3 Å². The van der Waals surface area contributed by atoms with Crippen LogP contribution in [0, 0.1) is 0 Å². The fourth-order valence-corrected chi connectivity index (χ4v) is 5.12. The molecular formula is C22H25N3O4S. The molecule has 8 heteroatoms. The van der Waals surface area contributed by atoms with E-state index in [1.807, 2.05) is 30.3 Å². The maximum absolute atomic E-state index is 12.8. The molecule has 0 aliphatic carbocycles. The molecule has 0 saturated carbocycles. The van der Waals surface area contributed by atoms with Crippen LogP contribution in [0.2, 0.25) is 0 Å². The predicted molar refractivity (Wildman–Crippen MR) is 115 cm³/mol. The summed E-state index contributed by atoms with van der Waals surface area (Å²) >= 11 is 0. The van der Waals surface area contributed by atoms with Crippen molar-refractivity contribution >= 4 is 27.3 Å². The maximum Gasteiger partial charge on any atom is 0.255 e. The summed E-state index contributed by atoms with van der Waals surface area (Å²) < 4.78 is 23.2. The molecule has 1 saturated heterocycles. The standard InChI is InChI=1S/C22H25N3O4S/c26-21(24-19-7-6-17-5-2-8-23-22(27)20(17)14-19)18-4-1-3-16(13-18)15-25-9-11-30(28,29)12-10-25/h1,3-4,6-7,13-14H,2,5,8-12,15H2,(H,23,27)(H,24,26). The van der Waals surface area contributed by atoms with Gasteiger partial charge in [-0.2, -0.15) is 0 Å². The zero-order chi connectivity index (χ0) is 21.1. The maximum atomic E-state index is 12.8. The molecule has 1 fully saturated rings. The highest BCUT2D eigenvalue weighted by Crippen LogP contribution is 2.20. The third-order valence-electron chi connectivity index (χ3n) is 5.55. The highest BCUT2D eigenvalue weighted by molar-refractivity contribution is 7.91. The van der Waals surface area contributed by atoms with Crippen molar-refractivity contribution in [1.29, 1.82) is 0 Å². The van der Waals surface area contributed by atoms with Crippen molar-refractivity contribution < 1.29 is 18.0 Å². The summed E-state index contributed by atoms with van der Waals surface area (Å²) in [5.74, 6) is 0.00855. The van der Waals surface area contributed by atoms with Gasteiger partial charge in [0.25, 0.3) is 11.8 Å². The van der Waals surface area contributed by atoms with Crippen LogP contribution in [0.4, 0.5) is 5.69 Å². The first-order chi connectivity index (χ1) is 14.4. The number of nitrogens with zero attached hydrogens (tertiary/aromatic N) is 1. The van der Waals surface area contributed by atoms with Gasteiger partial charge in [0.05, 0.1) is 11.5 Å². The molecular weight excluding hydrogens is 402 g/mol. The summed E-state index contributed by atoms with van der Waals surface area (Å²) in [5.41, 5.74) is 3.68. The van der Waals surface area contributed by atoms with E-state index in [-0.39, 0.29) is 23.3 Å². The first-order valence-corrected chi connectivity index (χ1v) is 12.0. The zero-order valence-corrected chi connectivity index (χ0v) is 17.5. The summed E-state index contributed by atoms with van der Waals surface area (Å²) in [6.45, 7) is 2.28. The number of hydrogen-bond donors (Lipinski definition) is 2. The number of carbonyl (C=O) groups excluding carboxylic acids is 2. The van der Waals surface area contributed by atoms with Gasteiger partial charge in [-0.25, -0.2) is 8.42 Å². The number of sulfone groups is 1. The Morgan fingerprint density at radius 2 is 1.90 bits per heavy atom. The summed E-state index contributed by atoms with van der Waals surface area (Å²) in [7, 11) is -2.91. The van der Waals surface area contributed by atoms with E-state index in [1.165, 1.54) is 0 Å². The molecule has 2 aliphatic rings. The Bertz CT molecular complexity index is 1070. The molecule has 2 aromatic rings. The first kappa shape index (κ1) is 20.6. The lowest BCUT2D eigenvalue weighted by Gasteiger charge is -2.26. The Labute approximate surface area is 176 Å². The number of fused-ring (bicyclic) bond motifs is 1. The number of anilines is 1. The van der Waals surface area contributed by atoms with Crippen LogP contribution in [0.5, 0.6) is 0 Å². The van der Waals surface area contributed by atoms with Gasteiger partial charge in [0.1, 0.15) is 0 Å². The van der Waals surface area contributed by atoms with Gasteiger partial charge in [0.2, 0.25) is 0 Å². The lowest BCUT2D eigenvalue weighted by atomic mass is 10.0. The van der Waals surface area contributed by atoms with Crippen molar-refractivity contribution in [3.63, 3.8) is 0 Å². The molecule has 0 unspecified atom stereocenters. The van der Waals surface area contributed by atoms with Gasteiger partial charge < -0.3 is 10.6 Å². The second kappa shape index (κ2) is 8.57. The molecule has 0 atom stereocenters. The summed E-state index contributed by atoms with van der Waals surface area (Å²) in [6.07, 6.45) is 1.74. The Balaban J connectivity index is 1.44. The minimum atomic E-state index is -2.91. The average Bonchev–Trinajstić information content (AvgIpc) is 2.91. The van der Waals surface area contributed by atoms with E-state index in [9.17, 15) is 18.0 Å². The van der Waals surface area contributed by atoms with Gasteiger partial charge in [-0.3, -0.25) is 14.5 Å². The van der Waals surface area contributed by atoms with Crippen LogP contribution >= 0.6 is 0 Å². The van der Waals surface area contributed by atoms with Crippen LogP contribution in [0.15, 0.2) is 42.5 Å². The van der Waals surface area contributed by atoms with Crippen LogP contribution < -0.4 is 10.6 Å². The number of carbonyl (C=O) groups is 2. The Morgan fingerprint density at radius 1 is 1.10 bits per heavy atom. The number of rotatable bonds is 4. The minimum Gasteiger partial charge on any atom is -0.352 e. The largest absolute Gasteiger partial charge is 0.352 e. The van der Waals surface area contributed by atoms with Gasteiger partial charge in [0.15, 0.2) is 9.84 Å². The molecule has 2 aromatic carbocycles. The third-order valence-corrected chi connectivity index (χ3v) is 7.16. The summed E-state index contributed by atoms with van der Waals surface area (Å²) in [5, 5.41) is 5.75. The van der Waals surface area contributed by atoms with Gasteiger partial charge in [-0.1, -0.05) is 18.2 Å². The van der Waals surface area contributed by atoms with Crippen LogP contribution in [0.3, 0.4) is 0 Å². The van der Waals surface area contributed by atoms with Crippen LogP contribution in [0.1, 0.15) is 38.3 Å². The van der Waals surface area contributed by atoms with E-state index >= 15 is 0 Å². The summed E-state index contributed by atoms with van der Waals surface area (Å²) in [6, 6.07) is 12.8. The van der Waals surface area contributed by atoms with Crippen molar-refractivity contribution in [2.75, 3.05) is 36.5 Å². The lowest BCUT2D eigenvalue weighted by molar-refractivity contribution is 0.0954. The van der Waals surface area contributed by atoms with Crippen molar-refractivity contribution in [2.24, 2.45) is 0 Å². The monoisotopic (exact) mass is 427 g/mol. The van der Waals surface area contributed by atoms with E-state index in [1.54, 1.807) is 12.1 Å². The molecule has 0 spiro atoms. The van der Waals surface area contributed by atoms with Crippen molar-refractivity contribution in [1.82, 2.24) is 10.2 Å². The molecule has 7 nitrogen and oxygen atoms in total. The topological polar surface area (TPSA) is 95.6 Å². The minimum absolute atomic E-state index is 0.107. The lowest BCUT2D eigenvalue weighted by Crippen LogP contribution is -2.39. The molecule has 30 heavy (non-hydrogen) atoms. The molecule has 0 bridgehead atoms. The third kappa shape index (κ3) is 4.88. The first-order valence-electron chi connectivity index (χ1n) is 10.1. The predicted octanol–water partition coefficient (Wildman–Crippen LogP) is 1.85. The molecule has 0 aromatic heterocycles. The number of benzene rings is 2. The Kier molecular flexibility index (Phi) is 5.87. The van der Waals surface area contributed by atoms with E-state index < -0.39 is 9.84 Å². The van der Waals surface area contributed by atoms with Gasteiger partial charge in [0, 0.05) is 43.0 Å². The van der Waals surface area contributed by atoms with Crippen molar-refractivity contribution in [3.8, 4) is 0 Å². The van der Waals surface area contributed by atoms with E-state index in [0.717, 1.165) is 24.0 Å². The highest BCUT2D eigenvalue weighted by atomic mass is 32.2. The second-order valence-corrected chi connectivity index (χ2v) is 10.1. The van der Waals surface area contributed by atoms with Crippen LogP contribution in [0.25, 0.3) is 0 Å². The van der Waals surface area contributed by atoms with Crippen LogP contribution in [-0.2, 0) is 22.8 Å². The Hall–Kier alpha value is -2.71. The van der Waals surface area contributed by atoms with Gasteiger partial charge >= 0.3 is 0 Å². The SMILES string of the molecule is O=C(Nc1ccc2c(c1)C(=O)NCCC2)c1cccc(CN2CCS(=O)(=O)CC2)c1. The molecule has 0 radical (unpaired) electrons. The van der Waals surface area contributed by atoms with Gasteiger partial charge in [-0.05, 0) is 48.2 Å². The number of hydrogen-bond acceptors (Lipinski definition) is 5. The van der Waals surface area contributed by atoms with E-state index in [0.29, 0.717) is 43.0 Å². The smallest absolute Gasteiger partial charge is 0.255 e. The normalized spacial score (nSPS) is 18.7. The highest BCUT2D eigenvalue weighted by Gasteiger charge is 2.22. The number of amides is 2. The van der Waals surface area contributed by atoms with E-state index in [2.05, 4.69) is 15.5 Å². The van der Waals surface area contributed by atoms with Gasteiger partial charge in [-0.15, -0.1) is 0 Å². The molecule has 2 amide bonds. The second-order valence-electron chi connectivity index (χ2n) is 7.81. The molecule has 2 aliphatic heterocycles. The Morgan fingerprint density at radius 3 is 2.70 bits per heavy atom. The number of aryl methyl sites for hydroxylation is 1. The van der Waals surface area contributed by atoms with E-state index in [4.69, 9.17) is 0 Å². The van der Waals surface area contributed by atoms with Crippen molar-refractivity contribution in [2.45, 2.75) is 19.4 Å². The molecule has 2 heterocycles. The van der Waals surface area contributed by atoms with Crippen molar-refractivity contribution in [3.05, 3.63) is 64.7 Å². The molecule has 2 N–H and O–H groups in total. The molecule has 4 rings (SSSR count). The average molecular weight is 428 g/mol. The molecule has 158 valence electrons. The quantitative estimate of drug-likeness (QED) is 0.776. The zero-order valence-electron chi connectivity index (χ0n) is 16.7. The fraction of sp³-hybridized carbons (Fsp3) is 0.364. The number of nitrogens with one attached hydrogen (secondary N) is 2. The fourth-order valence-electron chi connectivity index (χ4n) is 3.84. The summed E-state index contributed by atoms with van der Waals surface area (Å²) in [4.78, 5) is 27.1.